The molecule has 5 heteroatoms. The highest BCUT2D eigenvalue weighted by Crippen LogP contribution is 2.36. The van der Waals surface area contributed by atoms with Gasteiger partial charge in [0.2, 0.25) is 0 Å². The van der Waals surface area contributed by atoms with E-state index in [9.17, 15) is 10.4 Å². The van der Waals surface area contributed by atoms with E-state index < -0.39 is 0 Å². The Balaban J connectivity index is 2.41. The Labute approximate surface area is 130 Å². The number of phenolic OH excluding ortho intramolecular Hbond substituents is 1. The van der Waals surface area contributed by atoms with Crippen LogP contribution in [0.15, 0.2) is 29.0 Å². The second-order valence-corrected chi connectivity index (χ2v) is 5.79. The lowest BCUT2D eigenvalue weighted by molar-refractivity contribution is 0.471. The lowest BCUT2D eigenvalue weighted by Gasteiger charge is -2.13. The number of nitrogens with one attached hydrogen (secondary N) is 1. The van der Waals surface area contributed by atoms with Gasteiger partial charge in [0, 0.05) is 17.1 Å². The maximum atomic E-state index is 9.95. The first kappa shape index (κ1) is 13.7. The molecule has 0 aliphatic rings. The van der Waals surface area contributed by atoms with Gasteiger partial charge in [-0.15, -0.1) is 0 Å². The van der Waals surface area contributed by atoms with Crippen LogP contribution in [0.1, 0.15) is 16.7 Å². The molecule has 21 heavy (non-hydrogen) atoms. The van der Waals surface area contributed by atoms with Crippen LogP contribution in [0.4, 0.5) is 0 Å². The van der Waals surface area contributed by atoms with Gasteiger partial charge in [0.1, 0.15) is 17.5 Å². The van der Waals surface area contributed by atoms with Gasteiger partial charge in [-0.2, -0.15) is 5.26 Å². The zero-order valence-corrected chi connectivity index (χ0v) is 13.1. The minimum Gasteiger partial charge on any atom is -0.508 e. The van der Waals surface area contributed by atoms with Crippen LogP contribution < -0.4 is 0 Å². The highest BCUT2D eigenvalue weighted by atomic mass is 79.9. The summed E-state index contributed by atoms with van der Waals surface area (Å²) >= 11 is 3.36. The number of halogens is 1. The Hall–Kier alpha value is -2.32. The zero-order valence-electron chi connectivity index (χ0n) is 11.5. The summed E-state index contributed by atoms with van der Waals surface area (Å²) < 4.78 is 0.781. The van der Waals surface area contributed by atoms with Crippen LogP contribution in [0.25, 0.3) is 22.2 Å². The smallest absolute Gasteiger partial charge is 0.139 e. The Morgan fingerprint density at radius 2 is 2.10 bits per heavy atom. The summed E-state index contributed by atoms with van der Waals surface area (Å²) in [6.45, 7) is 3.80. The van der Waals surface area contributed by atoms with E-state index >= 15 is 0 Å². The molecule has 0 atom stereocenters. The van der Waals surface area contributed by atoms with Crippen molar-refractivity contribution in [1.82, 2.24) is 9.97 Å². The van der Waals surface area contributed by atoms with E-state index in [4.69, 9.17) is 0 Å². The molecule has 2 N–H and O–H groups in total. The lowest BCUT2D eigenvalue weighted by atomic mass is 9.92. The van der Waals surface area contributed by atoms with Gasteiger partial charge in [0.15, 0.2) is 0 Å². The number of pyridine rings is 1. The number of aromatic nitrogens is 2. The summed E-state index contributed by atoms with van der Waals surface area (Å²) in [7, 11) is 0. The van der Waals surface area contributed by atoms with Crippen molar-refractivity contribution >= 4 is 27.0 Å². The van der Waals surface area contributed by atoms with Crippen LogP contribution in [0.3, 0.4) is 0 Å². The molecule has 0 saturated heterocycles. The van der Waals surface area contributed by atoms with Crippen LogP contribution >= 0.6 is 15.9 Å². The Morgan fingerprint density at radius 1 is 1.33 bits per heavy atom. The van der Waals surface area contributed by atoms with Gasteiger partial charge in [-0.25, -0.2) is 4.98 Å². The van der Waals surface area contributed by atoms with E-state index in [1.165, 1.54) is 0 Å². The van der Waals surface area contributed by atoms with Crippen molar-refractivity contribution in [2.45, 2.75) is 13.8 Å². The van der Waals surface area contributed by atoms with E-state index in [-0.39, 0.29) is 5.75 Å². The molecule has 0 saturated carbocycles. The van der Waals surface area contributed by atoms with E-state index in [1.807, 2.05) is 26.0 Å². The van der Waals surface area contributed by atoms with Gasteiger partial charge in [0.05, 0.1) is 10.2 Å². The van der Waals surface area contributed by atoms with Crippen molar-refractivity contribution < 1.29 is 5.11 Å². The number of aromatic hydroxyl groups is 1. The van der Waals surface area contributed by atoms with Crippen LogP contribution in [0.2, 0.25) is 0 Å². The predicted molar refractivity (Wildman–Crippen MR) is 85.1 cm³/mol. The molecule has 2 heterocycles. The van der Waals surface area contributed by atoms with Gasteiger partial charge < -0.3 is 10.1 Å². The minimum absolute atomic E-state index is 0.217. The maximum absolute atomic E-state index is 9.95. The maximum Gasteiger partial charge on any atom is 0.139 e. The lowest BCUT2D eigenvalue weighted by Crippen LogP contribution is -1.94. The highest BCUT2D eigenvalue weighted by molar-refractivity contribution is 9.10. The van der Waals surface area contributed by atoms with Gasteiger partial charge in [-0.3, -0.25) is 0 Å². The molecular formula is C16H12BrN3O. The van der Waals surface area contributed by atoms with E-state index in [1.54, 1.807) is 12.3 Å². The SMILES string of the molecule is Cc1ccc(O)c(C)c1-c1cnc2[nH]c(Br)cc2c1C#N. The molecule has 0 fully saturated rings. The van der Waals surface area contributed by atoms with Crippen LogP contribution in [-0.2, 0) is 0 Å². The van der Waals surface area contributed by atoms with E-state index in [0.29, 0.717) is 11.2 Å². The second kappa shape index (κ2) is 4.90. The molecule has 104 valence electrons. The minimum atomic E-state index is 0.217. The number of benzene rings is 1. The number of H-pyrrole nitrogens is 1. The number of rotatable bonds is 1. The quantitative estimate of drug-likeness (QED) is 0.697. The highest BCUT2D eigenvalue weighted by Gasteiger charge is 2.17. The zero-order chi connectivity index (χ0) is 15.1. The van der Waals surface area contributed by atoms with Gasteiger partial charge in [-0.05, 0) is 58.6 Å². The van der Waals surface area contributed by atoms with Crippen molar-refractivity contribution in [3.63, 3.8) is 0 Å². The molecule has 3 aromatic rings. The summed E-state index contributed by atoms with van der Waals surface area (Å²) in [5.41, 5.74) is 4.57. The fourth-order valence-corrected chi connectivity index (χ4v) is 3.02. The average Bonchev–Trinajstić information content (AvgIpc) is 2.83. The molecule has 3 rings (SSSR count). The standard InChI is InChI=1S/C16H12BrN3O/c1-8-3-4-13(21)9(2)15(8)12-7-19-16-10(11(12)6-18)5-14(17)20-16/h3-5,7,21H,1-2H3,(H,19,20). The van der Waals surface area contributed by atoms with Crippen LogP contribution in [-0.4, -0.2) is 15.1 Å². The monoisotopic (exact) mass is 341 g/mol. The number of hydrogen-bond donors (Lipinski definition) is 2. The first-order valence-electron chi connectivity index (χ1n) is 6.39. The Bertz CT molecular complexity index is 906. The molecule has 2 aromatic heterocycles. The molecule has 0 aliphatic carbocycles. The average molecular weight is 342 g/mol. The second-order valence-electron chi connectivity index (χ2n) is 4.94. The molecule has 0 bridgehead atoms. The number of hydrogen-bond acceptors (Lipinski definition) is 3. The number of aryl methyl sites for hydroxylation is 1. The molecule has 1 aromatic carbocycles. The van der Waals surface area contributed by atoms with Gasteiger partial charge in [-0.1, -0.05) is 6.07 Å². The van der Waals surface area contributed by atoms with E-state index in [2.05, 4.69) is 32.0 Å². The first-order chi connectivity index (χ1) is 10.0. The van der Waals surface area contributed by atoms with Crippen molar-refractivity contribution in [2.24, 2.45) is 0 Å². The Morgan fingerprint density at radius 3 is 2.81 bits per heavy atom. The van der Waals surface area contributed by atoms with Crippen molar-refractivity contribution in [3.8, 4) is 22.9 Å². The normalized spacial score (nSPS) is 10.8. The Kier molecular flexibility index (Phi) is 3.19. The summed E-state index contributed by atoms with van der Waals surface area (Å²) in [4.78, 5) is 7.44. The fraction of sp³-hybridized carbons (Fsp3) is 0.125. The fourth-order valence-electron chi connectivity index (χ4n) is 2.60. The predicted octanol–water partition coefficient (Wildman–Crippen LogP) is 4.19. The molecule has 4 nitrogen and oxygen atoms in total. The van der Waals surface area contributed by atoms with Gasteiger partial charge >= 0.3 is 0 Å². The van der Waals surface area contributed by atoms with Crippen LogP contribution in [0, 0.1) is 25.2 Å². The number of nitrogens with zero attached hydrogens (tertiary/aromatic N) is 2. The molecule has 0 aliphatic heterocycles. The summed E-state index contributed by atoms with van der Waals surface area (Å²) in [5.74, 6) is 0.217. The molecule has 0 unspecified atom stereocenters. The number of fused-ring (bicyclic) bond motifs is 1. The van der Waals surface area contributed by atoms with Crippen molar-refractivity contribution in [2.75, 3.05) is 0 Å². The van der Waals surface area contributed by atoms with Crippen molar-refractivity contribution in [3.05, 3.63) is 45.7 Å². The van der Waals surface area contributed by atoms with E-state index in [0.717, 1.165) is 32.2 Å². The topological polar surface area (TPSA) is 72.7 Å². The number of nitriles is 1. The summed E-state index contributed by atoms with van der Waals surface area (Å²) in [6.07, 6.45) is 1.68. The number of phenols is 1. The third-order valence-corrected chi connectivity index (χ3v) is 4.08. The van der Waals surface area contributed by atoms with Crippen molar-refractivity contribution in [1.29, 1.82) is 5.26 Å². The summed E-state index contributed by atoms with van der Waals surface area (Å²) in [6, 6.07) is 7.62. The molecule has 0 amide bonds. The molecule has 0 radical (unpaired) electrons. The third kappa shape index (κ3) is 2.08. The molecule has 0 spiro atoms. The van der Waals surface area contributed by atoms with Crippen LogP contribution in [0.5, 0.6) is 5.75 Å². The molecular weight excluding hydrogens is 330 g/mol. The van der Waals surface area contributed by atoms with Gasteiger partial charge in [0.25, 0.3) is 0 Å². The largest absolute Gasteiger partial charge is 0.508 e. The first-order valence-corrected chi connectivity index (χ1v) is 7.19. The number of aromatic amines is 1. The summed E-state index contributed by atoms with van der Waals surface area (Å²) in [5, 5.41) is 20.3. The third-order valence-electron chi connectivity index (χ3n) is 3.65.